The van der Waals surface area contributed by atoms with Crippen molar-refractivity contribution in [1.82, 2.24) is 14.2 Å². The summed E-state index contributed by atoms with van der Waals surface area (Å²) in [4.78, 5) is 23.8. The van der Waals surface area contributed by atoms with Gasteiger partial charge in [0.2, 0.25) is 0 Å². The molecule has 0 spiro atoms. The fraction of sp³-hybridized carbons (Fsp3) is 0.0714. The van der Waals surface area contributed by atoms with E-state index in [-0.39, 0.29) is 5.56 Å². The highest BCUT2D eigenvalue weighted by Crippen LogP contribution is 2.19. The largest absolute Gasteiger partial charge is 0.478 e. The number of hydrogen-bond acceptors (Lipinski definition) is 4. The van der Waals surface area contributed by atoms with Gasteiger partial charge < -0.3 is 9.67 Å². The molecule has 0 amide bonds. The molecule has 3 aromatic heterocycles. The molecule has 106 valence electrons. The number of aliphatic carboxylic acids is 1. The lowest BCUT2D eigenvalue weighted by Crippen LogP contribution is -2.21. The van der Waals surface area contributed by atoms with E-state index in [0.717, 1.165) is 16.5 Å². The summed E-state index contributed by atoms with van der Waals surface area (Å²) >= 11 is 1.49. The van der Waals surface area contributed by atoms with Gasteiger partial charge >= 0.3 is 5.97 Å². The van der Waals surface area contributed by atoms with E-state index in [1.165, 1.54) is 21.9 Å². The lowest BCUT2D eigenvalue weighted by molar-refractivity contribution is -0.131. The number of thiophene rings is 1. The van der Waals surface area contributed by atoms with Gasteiger partial charge in [-0.05, 0) is 29.2 Å². The number of carbonyl (C=O) groups is 1. The zero-order valence-corrected chi connectivity index (χ0v) is 11.7. The average molecular weight is 301 g/mol. The van der Waals surface area contributed by atoms with E-state index in [4.69, 9.17) is 5.11 Å². The topological polar surface area (TPSA) is 76.6 Å². The summed E-state index contributed by atoms with van der Waals surface area (Å²) in [6.45, 7) is 0.400. The van der Waals surface area contributed by atoms with Crippen molar-refractivity contribution in [3.63, 3.8) is 0 Å². The van der Waals surface area contributed by atoms with Gasteiger partial charge in [-0.15, -0.1) is 11.3 Å². The standard InChI is InChI=1S/C14H11N3O3S/c18-13(19)2-1-10-4-8-21-12(10)9-16-6-7-17-11(14(16)20)3-5-15-17/h1-8H,9H2,(H,18,19)/b2-1+. The Kier molecular flexibility index (Phi) is 3.41. The first-order valence-corrected chi connectivity index (χ1v) is 7.03. The maximum atomic E-state index is 12.3. The zero-order valence-electron chi connectivity index (χ0n) is 10.8. The molecule has 21 heavy (non-hydrogen) atoms. The van der Waals surface area contributed by atoms with Gasteiger partial charge in [-0.2, -0.15) is 5.10 Å². The molecule has 7 heteroatoms. The van der Waals surface area contributed by atoms with Crippen LogP contribution in [0.4, 0.5) is 0 Å². The molecule has 0 fully saturated rings. The Balaban J connectivity index is 1.96. The number of carboxylic acids is 1. The van der Waals surface area contributed by atoms with Gasteiger partial charge in [-0.1, -0.05) is 0 Å². The van der Waals surface area contributed by atoms with Crippen molar-refractivity contribution in [2.75, 3.05) is 0 Å². The number of carboxylic acid groups (broad SMARTS) is 1. The summed E-state index contributed by atoms with van der Waals surface area (Å²) in [6.07, 6.45) is 7.60. The lowest BCUT2D eigenvalue weighted by Gasteiger charge is -2.05. The van der Waals surface area contributed by atoms with Gasteiger partial charge in [0.25, 0.3) is 5.56 Å². The second-order valence-corrected chi connectivity index (χ2v) is 5.36. The molecule has 0 atom stereocenters. The van der Waals surface area contributed by atoms with Crippen LogP contribution >= 0.6 is 11.3 Å². The monoisotopic (exact) mass is 301 g/mol. The molecule has 0 aliphatic rings. The highest BCUT2D eigenvalue weighted by Gasteiger charge is 2.07. The predicted octanol–water partition coefficient (Wildman–Crippen LogP) is 1.70. The van der Waals surface area contributed by atoms with E-state index < -0.39 is 5.97 Å². The molecular formula is C14H11N3O3S. The van der Waals surface area contributed by atoms with E-state index in [2.05, 4.69) is 5.10 Å². The SMILES string of the molecule is O=C(O)/C=C/c1ccsc1Cn1ccn2nccc2c1=O. The Morgan fingerprint density at radius 3 is 3.05 bits per heavy atom. The van der Waals surface area contributed by atoms with Crippen molar-refractivity contribution in [2.45, 2.75) is 6.54 Å². The summed E-state index contributed by atoms with van der Waals surface area (Å²) in [7, 11) is 0. The van der Waals surface area contributed by atoms with Crippen LogP contribution in [-0.2, 0) is 11.3 Å². The third kappa shape index (κ3) is 2.63. The van der Waals surface area contributed by atoms with Gasteiger partial charge in [-0.25, -0.2) is 9.31 Å². The Morgan fingerprint density at radius 2 is 2.24 bits per heavy atom. The zero-order chi connectivity index (χ0) is 14.8. The molecule has 0 aliphatic carbocycles. The van der Waals surface area contributed by atoms with E-state index in [1.807, 2.05) is 11.4 Å². The van der Waals surface area contributed by atoms with Crippen LogP contribution in [-0.4, -0.2) is 25.3 Å². The van der Waals surface area contributed by atoms with Crippen LogP contribution in [0.5, 0.6) is 0 Å². The third-order valence-corrected chi connectivity index (χ3v) is 3.96. The molecule has 0 aromatic carbocycles. The highest BCUT2D eigenvalue weighted by atomic mass is 32.1. The summed E-state index contributed by atoms with van der Waals surface area (Å²) in [5.41, 5.74) is 1.19. The fourth-order valence-electron chi connectivity index (χ4n) is 2.03. The number of nitrogens with zero attached hydrogens (tertiary/aromatic N) is 3. The highest BCUT2D eigenvalue weighted by molar-refractivity contribution is 7.10. The minimum Gasteiger partial charge on any atom is -0.478 e. The Bertz CT molecular complexity index is 888. The minimum absolute atomic E-state index is 0.128. The van der Waals surface area contributed by atoms with Crippen LogP contribution in [0, 0.1) is 0 Å². The second-order valence-electron chi connectivity index (χ2n) is 4.36. The van der Waals surface area contributed by atoms with Gasteiger partial charge in [0.05, 0.1) is 12.7 Å². The number of fused-ring (bicyclic) bond motifs is 1. The third-order valence-electron chi connectivity index (χ3n) is 3.04. The Labute approximate surface area is 123 Å². The van der Waals surface area contributed by atoms with Crippen molar-refractivity contribution < 1.29 is 9.90 Å². The van der Waals surface area contributed by atoms with E-state index in [1.54, 1.807) is 29.2 Å². The van der Waals surface area contributed by atoms with E-state index in [9.17, 15) is 9.59 Å². The van der Waals surface area contributed by atoms with Crippen molar-refractivity contribution >= 4 is 28.9 Å². The lowest BCUT2D eigenvalue weighted by atomic mass is 10.2. The predicted molar refractivity (Wildman–Crippen MR) is 79.5 cm³/mol. The maximum absolute atomic E-state index is 12.3. The molecule has 0 saturated heterocycles. The van der Waals surface area contributed by atoms with Gasteiger partial charge in [0.1, 0.15) is 5.52 Å². The molecule has 0 saturated carbocycles. The van der Waals surface area contributed by atoms with Crippen LogP contribution < -0.4 is 5.56 Å². The van der Waals surface area contributed by atoms with Crippen LogP contribution in [0.2, 0.25) is 0 Å². The molecule has 0 bridgehead atoms. The van der Waals surface area contributed by atoms with Gasteiger partial charge in [0, 0.05) is 23.3 Å². The number of hydrogen-bond donors (Lipinski definition) is 1. The molecule has 3 heterocycles. The smallest absolute Gasteiger partial charge is 0.328 e. The Hall–Kier alpha value is -2.67. The molecule has 6 nitrogen and oxygen atoms in total. The first-order chi connectivity index (χ1) is 10.1. The summed E-state index contributed by atoms with van der Waals surface area (Å²) < 4.78 is 3.11. The average Bonchev–Trinajstić information content (AvgIpc) is 3.09. The normalized spacial score (nSPS) is 11.4. The second kappa shape index (κ2) is 5.37. The number of rotatable bonds is 4. The summed E-state index contributed by atoms with van der Waals surface area (Å²) in [5.74, 6) is -0.995. The molecule has 3 aromatic rings. The van der Waals surface area contributed by atoms with Crippen LogP contribution in [0.1, 0.15) is 10.4 Å². The van der Waals surface area contributed by atoms with Crippen molar-refractivity contribution in [2.24, 2.45) is 0 Å². The van der Waals surface area contributed by atoms with Gasteiger partial charge in [0.15, 0.2) is 0 Å². The maximum Gasteiger partial charge on any atom is 0.328 e. The molecule has 0 radical (unpaired) electrons. The Morgan fingerprint density at radius 1 is 1.38 bits per heavy atom. The number of aromatic nitrogens is 3. The van der Waals surface area contributed by atoms with Gasteiger partial charge in [-0.3, -0.25) is 4.79 Å². The quantitative estimate of drug-likeness (QED) is 0.744. The van der Waals surface area contributed by atoms with Crippen LogP contribution in [0.3, 0.4) is 0 Å². The fourth-order valence-corrected chi connectivity index (χ4v) is 2.89. The van der Waals surface area contributed by atoms with Crippen molar-refractivity contribution in [1.29, 1.82) is 0 Å². The first-order valence-electron chi connectivity index (χ1n) is 6.15. The van der Waals surface area contributed by atoms with Crippen LogP contribution in [0.15, 0.2) is 47.0 Å². The molecular weight excluding hydrogens is 290 g/mol. The van der Waals surface area contributed by atoms with Crippen LogP contribution in [0.25, 0.3) is 11.6 Å². The van der Waals surface area contributed by atoms with E-state index >= 15 is 0 Å². The molecule has 3 rings (SSSR count). The summed E-state index contributed by atoms with van der Waals surface area (Å²) in [6, 6.07) is 3.50. The molecule has 0 aliphatic heterocycles. The minimum atomic E-state index is -0.995. The molecule has 1 N–H and O–H groups in total. The first kappa shape index (κ1) is 13.3. The van der Waals surface area contributed by atoms with E-state index in [0.29, 0.717) is 12.1 Å². The summed E-state index contributed by atoms with van der Waals surface area (Å²) in [5, 5.41) is 14.6. The van der Waals surface area contributed by atoms with Crippen molar-refractivity contribution in [3.05, 3.63) is 63.0 Å². The van der Waals surface area contributed by atoms with Crippen molar-refractivity contribution in [3.8, 4) is 0 Å². The molecule has 0 unspecified atom stereocenters.